The van der Waals surface area contributed by atoms with E-state index in [2.05, 4.69) is 36.2 Å². The molecule has 0 aromatic carbocycles. The predicted molar refractivity (Wildman–Crippen MR) is 81.3 cm³/mol. The second-order valence-corrected chi connectivity index (χ2v) is 5.12. The van der Waals surface area contributed by atoms with Gasteiger partial charge in [-0.05, 0) is 40.2 Å². The minimum Gasteiger partial charge on any atom is -0.352 e. The normalized spacial score (nSPS) is 10.7. The molecular weight excluding hydrogens is 320 g/mol. The number of rotatable bonds is 2. The fourth-order valence-corrected chi connectivity index (χ4v) is 2.67. The largest absolute Gasteiger partial charge is 0.352 e. The molecule has 0 fully saturated rings. The van der Waals surface area contributed by atoms with Crippen molar-refractivity contribution in [2.24, 2.45) is 0 Å². The average molecular weight is 331 g/mol. The van der Waals surface area contributed by atoms with E-state index in [9.17, 15) is 4.79 Å². The van der Waals surface area contributed by atoms with Gasteiger partial charge in [-0.25, -0.2) is 4.98 Å². The van der Waals surface area contributed by atoms with Crippen molar-refractivity contribution in [3.63, 3.8) is 0 Å². The lowest BCUT2D eigenvalue weighted by Gasteiger charge is -2.04. The summed E-state index contributed by atoms with van der Waals surface area (Å²) in [4.78, 5) is 22.8. The van der Waals surface area contributed by atoms with Crippen LogP contribution in [0.2, 0.25) is 0 Å². The van der Waals surface area contributed by atoms with Gasteiger partial charge in [-0.1, -0.05) is 0 Å². The second-order valence-electron chi connectivity index (χ2n) is 4.32. The summed E-state index contributed by atoms with van der Waals surface area (Å²) in [6.45, 7) is 1.46. The monoisotopic (exact) mass is 330 g/mol. The van der Waals surface area contributed by atoms with Crippen molar-refractivity contribution in [2.45, 2.75) is 6.92 Å². The molecule has 20 heavy (non-hydrogen) atoms. The molecule has 3 heterocycles. The number of nitrogens with zero attached hydrogens (tertiary/aromatic N) is 2. The van der Waals surface area contributed by atoms with Gasteiger partial charge in [0.2, 0.25) is 5.91 Å². The molecule has 0 unspecified atom stereocenters. The molecule has 0 saturated heterocycles. The highest BCUT2D eigenvalue weighted by Gasteiger charge is 2.12. The van der Waals surface area contributed by atoms with Gasteiger partial charge in [0.05, 0.1) is 15.7 Å². The van der Waals surface area contributed by atoms with Gasteiger partial charge >= 0.3 is 0 Å². The lowest BCUT2D eigenvalue weighted by molar-refractivity contribution is -0.114. The Morgan fingerprint density at radius 2 is 2.15 bits per heavy atom. The summed E-state index contributed by atoms with van der Waals surface area (Å²) in [6, 6.07) is 7.54. The average Bonchev–Trinajstić information content (AvgIpc) is 2.76. The van der Waals surface area contributed by atoms with Gasteiger partial charge < -0.3 is 10.3 Å². The van der Waals surface area contributed by atoms with Gasteiger partial charge in [0.15, 0.2) is 0 Å². The highest BCUT2D eigenvalue weighted by Crippen LogP contribution is 2.33. The van der Waals surface area contributed by atoms with Gasteiger partial charge in [-0.2, -0.15) is 0 Å². The highest BCUT2D eigenvalue weighted by atomic mass is 79.9. The van der Waals surface area contributed by atoms with Crippen LogP contribution in [0, 0.1) is 0 Å². The minimum atomic E-state index is -0.146. The van der Waals surface area contributed by atoms with Crippen LogP contribution in [0.25, 0.3) is 22.3 Å². The van der Waals surface area contributed by atoms with E-state index in [-0.39, 0.29) is 5.91 Å². The fraction of sp³-hybridized carbons (Fsp3) is 0.0714. The van der Waals surface area contributed by atoms with E-state index in [1.807, 2.05) is 24.3 Å². The van der Waals surface area contributed by atoms with E-state index < -0.39 is 0 Å². The minimum absolute atomic E-state index is 0.146. The van der Waals surface area contributed by atoms with Gasteiger partial charge in [0, 0.05) is 24.9 Å². The molecule has 0 radical (unpaired) electrons. The van der Waals surface area contributed by atoms with Gasteiger partial charge in [-0.3, -0.25) is 9.78 Å². The van der Waals surface area contributed by atoms with Crippen LogP contribution in [0.4, 0.5) is 5.82 Å². The van der Waals surface area contributed by atoms with Crippen LogP contribution in [-0.4, -0.2) is 20.9 Å². The fourth-order valence-electron chi connectivity index (χ4n) is 2.02. The first-order valence-electron chi connectivity index (χ1n) is 6.01. The molecule has 6 heteroatoms. The molecular formula is C14H11BrN4O. The lowest BCUT2D eigenvalue weighted by Crippen LogP contribution is -2.07. The predicted octanol–water partition coefficient (Wildman–Crippen LogP) is 3.35. The number of carbonyl (C=O) groups excluding carboxylic acids is 1. The van der Waals surface area contributed by atoms with Crippen molar-refractivity contribution in [1.82, 2.24) is 15.0 Å². The van der Waals surface area contributed by atoms with E-state index in [0.717, 1.165) is 26.8 Å². The van der Waals surface area contributed by atoms with Crippen LogP contribution in [0.3, 0.4) is 0 Å². The molecule has 0 bridgehead atoms. The third kappa shape index (κ3) is 2.30. The number of H-pyrrole nitrogens is 1. The molecule has 0 aliphatic rings. The number of fused-ring (bicyclic) bond motifs is 1. The molecule has 3 aromatic heterocycles. The van der Waals surface area contributed by atoms with E-state index >= 15 is 0 Å². The first-order chi connectivity index (χ1) is 9.65. The Morgan fingerprint density at radius 3 is 2.90 bits per heavy atom. The standard InChI is InChI=1S/C14H11BrN4O/c1-8(20)18-11-7-9(4-6-16-11)13-12(15)14-10(19-13)3-2-5-17-14/h2-7,19H,1H3,(H,16,18,20). The Bertz CT molecular complexity index is 797. The summed E-state index contributed by atoms with van der Waals surface area (Å²) < 4.78 is 0.896. The maximum Gasteiger partial charge on any atom is 0.222 e. The Kier molecular flexibility index (Phi) is 3.23. The maximum atomic E-state index is 11.1. The second kappa shape index (κ2) is 5.05. The molecule has 2 N–H and O–H groups in total. The zero-order chi connectivity index (χ0) is 14.1. The Hall–Kier alpha value is -2.21. The zero-order valence-corrected chi connectivity index (χ0v) is 12.2. The van der Waals surface area contributed by atoms with E-state index in [4.69, 9.17) is 0 Å². The number of anilines is 1. The molecule has 3 rings (SSSR count). The van der Waals surface area contributed by atoms with Gasteiger partial charge in [0.1, 0.15) is 11.3 Å². The molecule has 0 saturated carbocycles. The molecule has 0 atom stereocenters. The number of hydrogen-bond acceptors (Lipinski definition) is 3. The molecule has 3 aromatic rings. The van der Waals surface area contributed by atoms with E-state index in [0.29, 0.717) is 5.82 Å². The van der Waals surface area contributed by atoms with E-state index in [1.54, 1.807) is 12.4 Å². The van der Waals surface area contributed by atoms with Crippen LogP contribution in [-0.2, 0) is 4.79 Å². The van der Waals surface area contributed by atoms with Gasteiger partial charge in [0.25, 0.3) is 0 Å². The van der Waals surface area contributed by atoms with Crippen molar-refractivity contribution >= 4 is 38.7 Å². The highest BCUT2D eigenvalue weighted by molar-refractivity contribution is 9.10. The molecule has 0 aliphatic carbocycles. The van der Waals surface area contributed by atoms with Crippen LogP contribution < -0.4 is 5.32 Å². The number of amides is 1. The first kappa shape index (κ1) is 12.8. The molecule has 0 spiro atoms. The lowest BCUT2D eigenvalue weighted by atomic mass is 10.2. The van der Waals surface area contributed by atoms with Crippen LogP contribution in [0.15, 0.2) is 41.1 Å². The maximum absolute atomic E-state index is 11.1. The summed E-state index contributed by atoms with van der Waals surface area (Å²) in [5.74, 6) is 0.376. The Morgan fingerprint density at radius 1 is 1.30 bits per heavy atom. The van der Waals surface area contributed by atoms with Crippen LogP contribution >= 0.6 is 15.9 Å². The summed E-state index contributed by atoms with van der Waals surface area (Å²) >= 11 is 3.56. The summed E-state index contributed by atoms with van der Waals surface area (Å²) in [7, 11) is 0. The number of halogens is 1. The topological polar surface area (TPSA) is 70.7 Å². The number of carbonyl (C=O) groups is 1. The summed E-state index contributed by atoms with van der Waals surface area (Å²) in [6.07, 6.45) is 3.41. The molecule has 1 amide bonds. The number of hydrogen-bond donors (Lipinski definition) is 2. The molecule has 100 valence electrons. The number of nitrogens with one attached hydrogen (secondary N) is 2. The number of pyridine rings is 2. The quantitative estimate of drug-likeness (QED) is 0.756. The van der Waals surface area contributed by atoms with Crippen LogP contribution in [0.1, 0.15) is 6.92 Å². The van der Waals surface area contributed by atoms with Crippen molar-refractivity contribution in [3.05, 3.63) is 41.1 Å². The van der Waals surface area contributed by atoms with Crippen molar-refractivity contribution in [1.29, 1.82) is 0 Å². The molecule has 5 nitrogen and oxygen atoms in total. The first-order valence-corrected chi connectivity index (χ1v) is 6.80. The third-order valence-electron chi connectivity index (χ3n) is 2.85. The van der Waals surface area contributed by atoms with Crippen molar-refractivity contribution in [3.8, 4) is 11.3 Å². The number of aromatic amines is 1. The van der Waals surface area contributed by atoms with Crippen LogP contribution in [0.5, 0.6) is 0 Å². The smallest absolute Gasteiger partial charge is 0.222 e. The zero-order valence-electron chi connectivity index (χ0n) is 10.6. The Labute approximate surface area is 123 Å². The SMILES string of the molecule is CC(=O)Nc1cc(-c2[nH]c3cccnc3c2Br)ccn1. The summed E-state index contributed by atoms with van der Waals surface area (Å²) in [5.41, 5.74) is 3.66. The van der Waals surface area contributed by atoms with Crippen molar-refractivity contribution in [2.75, 3.05) is 5.32 Å². The number of aromatic nitrogens is 3. The summed E-state index contributed by atoms with van der Waals surface area (Å²) in [5, 5.41) is 2.67. The third-order valence-corrected chi connectivity index (χ3v) is 3.62. The van der Waals surface area contributed by atoms with Crippen molar-refractivity contribution < 1.29 is 4.79 Å². The van der Waals surface area contributed by atoms with E-state index in [1.165, 1.54) is 6.92 Å². The molecule has 0 aliphatic heterocycles. The van der Waals surface area contributed by atoms with Gasteiger partial charge in [-0.15, -0.1) is 0 Å². The Balaban J connectivity index is 2.11.